The number of aliphatic imine (C=N–C) groups is 1. The van der Waals surface area contributed by atoms with Crippen molar-refractivity contribution in [1.29, 1.82) is 0 Å². The third-order valence-electron chi connectivity index (χ3n) is 5.14. The van der Waals surface area contributed by atoms with Gasteiger partial charge in [0.25, 0.3) is 0 Å². The van der Waals surface area contributed by atoms with Crippen LogP contribution in [0.5, 0.6) is 0 Å². The van der Waals surface area contributed by atoms with Crippen LogP contribution in [0.15, 0.2) is 23.2 Å². The molecule has 2 aromatic rings. The minimum Gasteiger partial charge on any atom is -0.356 e. The topological polar surface area (TPSA) is 67.1 Å². The first-order chi connectivity index (χ1) is 13.3. The Labute approximate surface area is 170 Å². The summed E-state index contributed by atoms with van der Waals surface area (Å²) in [6.45, 7) is 7.59. The smallest absolute Gasteiger partial charge is 0.191 e. The van der Waals surface area contributed by atoms with Crippen LogP contribution in [0.1, 0.15) is 44.4 Å². The lowest BCUT2D eigenvalue weighted by Gasteiger charge is -2.30. The van der Waals surface area contributed by atoms with E-state index in [1.54, 1.807) is 13.1 Å². The number of nitrogens with zero attached hydrogens (tertiary/aromatic N) is 4. The second-order valence-electron chi connectivity index (χ2n) is 7.79. The van der Waals surface area contributed by atoms with Crippen molar-refractivity contribution in [3.63, 3.8) is 0 Å². The standard InChI is InChI=1S/C20H28ClFN6/c1-5-17-26-18-9-7-14(11-28(18)27-17)25-19(23-4)24-12-20(2,3)15-8-6-13(22)10-16(15)21/h6,8,10,14H,5,7,9,11-12H2,1-4H3,(H2,23,24,25). The molecule has 3 rings (SSSR count). The number of fused-ring (bicyclic) bond motifs is 1. The fraction of sp³-hybridized carbons (Fsp3) is 0.550. The monoisotopic (exact) mass is 406 g/mol. The van der Waals surface area contributed by atoms with Gasteiger partial charge in [0.1, 0.15) is 11.6 Å². The van der Waals surface area contributed by atoms with Crippen LogP contribution < -0.4 is 10.6 Å². The van der Waals surface area contributed by atoms with E-state index in [1.165, 1.54) is 12.1 Å². The van der Waals surface area contributed by atoms with Crippen molar-refractivity contribution in [3.8, 4) is 0 Å². The first-order valence-electron chi connectivity index (χ1n) is 9.67. The third kappa shape index (κ3) is 4.63. The second-order valence-corrected chi connectivity index (χ2v) is 8.20. The summed E-state index contributed by atoms with van der Waals surface area (Å²) in [4.78, 5) is 8.91. The number of nitrogens with one attached hydrogen (secondary N) is 2. The Hall–Kier alpha value is -2.15. The van der Waals surface area contributed by atoms with Crippen LogP contribution in [0.2, 0.25) is 5.02 Å². The third-order valence-corrected chi connectivity index (χ3v) is 5.45. The van der Waals surface area contributed by atoms with Gasteiger partial charge >= 0.3 is 0 Å². The number of hydrogen-bond donors (Lipinski definition) is 2. The zero-order valence-corrected chi connectivity index (χ0v) is 17.6. The number of benzene rings is 1. The Bertz CT molecular complexity index is 860. The molecule has 0 bridgehead atoms. The first-order valence-corrected chi connectivity index (χ1v) is 10.1. The molecule has 1 atom stereocenters. The van der Waals surface area contributed by atoms with Gasteiger partial charge in [0.15, 0.2) is 11.8 Å². The fourth-order valence-corrected chi connectivity index (χ4v) is 3.88. The van der Waals surface area contributed by atoms with Crippen LogP contribution in [-0.2, 0) is 24.8 Å². The molecule has 0 amide bonds. The minimum atomic E-state index is -0.328. The highest BCUT2D eigenvalue weighted by Gasteiger charge is 2.26. The van der Waals surface area contributed by atoms with Gasteiger partial charge in [-0.25, -0.2) is 14.1 Å². The SMILES string of the molecule is CCc1nc2n(n1)CC(NC(=NC)NCC(C)(C)c1ccc(F)cc1Cl)CC2. The van der Waals surface area contributed by atoms with E-state index in [0.717, 1.165) is 49.0 Å². The maximum Gasteiger partial charge on any atom is 0.191 e. The van der Waals surface area contributed by atoms with Crippen molar-refractivity contribution in [2.24, 2.45) is 4.99 Å². The molecule has 2 heterocycles. The van der Waals surface area contributed by atoms with Crippen molar-refractivity contribution < 1.29 is 4.39 Å². The Morgan fingerprint density at radius 3 is 2.89 bits per heavy atom. The molecule has 6 nitrogen and oxygen atoms in total. The molecule has 1 unspecified atom stereocenters. The highest BCUT2D eigenvalue weighted by atomic mass is 35.5. The zero-order valence-electron chi connectivity index (χ0n) is 16.9. The van der Waals surface area contributed by atoms with Crippen molar-refractivity contribution in [3.05, 3.63) is 46.3 Å². The summed E-state index contributed by atoms with van der Waals surface area (Å²) in [5.41, 5.74) is 0.611. The number of halogens is 2. The predicted octanol–water partition coefficient (Wildman–Crippen LogP) is 3.09. The molecular formula is C20H28ClFN6. The minimum absolute atomic E-state index is 0.239. The molecule has 28 heavy (non-hydrogen) atoms. The number of rotatable bonds is 5. The summed E-state index contributed by atoms with van der Waals surface area (Å²) in [5, 5.41) is 11.8. The van der Waals surface area contributed by atoms with E-state index in [4.69, 9.17) is 11.6 Å². The molecule has 1 aliphatic rings. The molecular weight excluding hydrogens is 379 g/mol. The van der Waals surface area contributed by atoms with Gasteiger partial charge in [-0.3, -0.25) is 4.99 Å². The maximum atomic E-state index is 13.4. The molecule has 8 heteroatoms. The zero-order chi connectivity index (χ0) is 20.3. The van der Waals surface area contributed by atoms with Gasteiger partial charge in [0.05, 0.1) is 6.54 Å². The number of hydrogen-bond acceptors (Lipinski definition) is 3. The summed E-state index contributed by atoms with van der Waals surface area (Å²) in [6.07, 6.45) is 2.73. The number of aryl methyl sites for hydroxylation is 2. The Balaban J connectivity index is 1.60. The van der Waals surface area contributed by atoms with Crippen molar-refractivity contribution in [1.82, 2.24) is 25.4 Å². The Kier molecular flexibility index (Phi) is 6.23. The van der Waals surface area contributed by atoms with E-state index in [1.807, 2.05) is 4.68 Å². The van der Waals surface area contributed by atoms with Crippen molar-refractivity contribution >= 4 is 17.6 Å². The van der Waals surface area contributed by atoms with Gasteiger partial charge in [0.2, 0.25) is 0 Å². The van der Waals surface area contributed by atoms with E-state index < -0.39 is 0 Å². The number of guanidine groups is 1. The predicted molar refractivity (Wildman–Crippen MR) is 110 cm³/mol. The van der Waals surface area contributed by atoms with Gasteiger partial charge in [-0.15, -0.1) is 0 Å². The highest BCUT2D eigenvalue weighted by molar-refractivity contribution is 6.31. The van der Waals surface area contributed by atoms with Crippen LogP contribution >= 0.6 is 11.6 Å². The molecule has 0 fully saturated rings. The Morgan fingerprint density at radius 2 is 2.21 bits per heavy atom. The lowest BCUT2D eigenvalue weighted by Crippen LogP contribution is -2.49. The van der Waals surface area contributed by atoms with Gasteiger partial charge in [-0.1, -0.05) is 38.4 Å². The molecule has 1 aromatic heterocycles. The summed E-state index contributed by atoms with van der Waals surface area (Å²) in [6, 6.07) is 4.78. The molecule has 1 aliphatic heterocycles. The van der Waals surface area contributed by atoms with E-state index >= 15 is 0 Å². The van der Waals surface area contributed by atoms with Gasteiger partial charge in [0, 0.05) is 42.9 Å². The lowest BCUT2D eigenvalue weighted by molar-refractivity contribution is 0.390. The average molecular weight is 407 g/mol. The molecule has 0 spiro atoms. The average Bonchev–Trinajstić information content (AvgIpc) is 3.07. The van der Waals surface area contributed by atoms with Gasteiger partial charge < -0.3 is 10.6 Å². The summed E-state index contributed by atoms with van der Waals surface area (Å²) < 4.78 is 15.3. The summed E-state index contributed by atoms with van der Waals surface area (Å²) >= 11 is 6.25. The van der Waals surface area contributed by atoms with Crippen LogP contribution in [0.3, 0.4) is 0 Å². The van der Waals surface area contributed by atoms with Crippen molar-refractivity contribution in [2.75, 3.05) is 13.6 Å². The molecule has 2 N–H and O–H groups in total. The molecule has 0 radical (unpaired) electrons. The lowest BCUT2D eigenvalue weighted by atomic mass is 9.84. The quantitative estimate of drug-likeness (QED) is 0.591. The second kappa shape index (κ2) is 8.47. The fourth-order valence-electron chi connectivity index (χ4n) is 3.45. The van der Waals surface area contributed by atoms with Gasteiger partial charge in [-0.05, 0) is 24.1 Å². The molecule has 1 aromatic carbocycles. The largest absolute Gasteiger partial charge is 0.356 e. The Morgan fingerprint density at radius 1 is 1.43 bits per heavy atom. The summed E-state index contributed by atoms with van der Waals surface area (Å²) in [5.74, 6) is 2.36. The van der Waals surface area contributed by atoms with Crippen LogP contribution in [0.4, 0.5) is 4.39 Å². The van der Waals surface area contributed by atoms with Crippen LogP contribution in [-0.4, -0.2) is 40.4 Å². The highest BCUT2D eigenvalue weighted by Crippen LogP contribution is 2.29. The van der Waals surface area contributed by atoms with Crippen molar-refractivity contribution in [2.45, 2.75) is 58.0 Å². The van der Waals surface area contributed by atoms with E-state index in [-0.39, 0.29) is 17.3 Å². The van der Waals surface area contributed by atoms with Crippen LogP contribution in [0, 0.1) is 5.82 Å². The number of aromatic nitrogens is 3. The molecule has 152 valence electrons. The normalized spacial score (nSPS) is 17.4. The van der Waals surface area contributed by atoms with E-state index in [9.17, 15) is 4.39 Å². The van der Waals surface area contributed by atoms with E-state index in [2.05, 4.69) is 46.5 Å². The maximum absolute atomic E-state index is 13.4. The van der Waals surface area contributed by atoms with E-state index in [0.29, 0.717) is 11.6 Å². The molecule has 0 aliphatic carbocycles. The van der Waals surface area contributed by atoms with Gasteiger partial charge in [-0.2, -0.15) is 5.10 Å². The first kappa shape index (κ1) is 20.6. The summed E-state index contributed by atoms with van der Waals surface area (Å²) in [7, 11) is 1.76. The molecule has 0 saturated heterocycles. The van der Waals surface area contributed by atoms with Crippen LogP contribution in [0.25, 0.3) is 0 Å². The molecule has 0 saturated carbocycles.